The minimum atomic E-state index is 0.122. The van der Waals surface area contributed by atoms with Crippen molar-refractivity contribution in [1.29, 1.82) is 0 Å². The third-order valence-electron chi connectivity index (χ3n) is 2.97. The largest absolute Gasteiger partial charge is 0.326 e. The monoisotopic (exact) mass is 274 g/mol. The zero-order valence-corrected chi connectivity index (χ0v) is 12.5. The van der Waals surface area contributed by atoms with Gasteiger partial charge in [0.2, 0.25) is 0 Å². The number of nitrogens with two attached hydrogens (primary N) is 1. The number of unbranched alkanes of at least 4 members (excludes halogenated alkanes) is 2. The lowest BCUT2D eigenvalue weighted by molar-refractivity contribution is 0.218. The summed E-state index contributed by atoms with van der Waals surface area (Å²) in [6, 6.07) is 4.45. The van der Waals surface area contributed by atoms with Crippen molar-refractivity contribution in [3.8, 4) is 0 Å². The molecule has 1 heterocycles. The van der Waals surface area contributed by atoms with Crippen LogP contribution in [0.2, 0.25) is 4.34 Å². The maximum atomic E-state index is 6.11. The van der Waals surface area contributed by atoms with Gasteiger partial charge in [-0.2, -0.15) is 0 Å². The van der Waals surface area contributed by atoms with Crippen LogP contribution in [0.3, 0.4) is 0 Å². The van der Waals surface area contributed by atoms with E-state index in [1.165, 1.54) is 24.1 Å². The SMILES string of the molecule is CCCCCN(C)C(c1ccc(Cl)s1)C(C)N. The van der Waals surface area contributed by atoms with Crippen molar-refractivity contribution in [3.63, 3.8) is 0 Å². The summed E-state index contributed by atoms with van der Waals surface area (Å²) in [5.74, 6) is 0. The van der Waals surface area contributed by atoms with Gasteiger partial charge in [0.05, 0.1) is 10.4 Å². The Hall–Kier alpha value is -0.0900. The first kappa shape index (κ1) is 15.0. The Kier molecular flexibility index (Phi) is 6.49. The average molecular weight is 275 g/mol. The molecule has 17 heavy (non-hydrogen) atoms. The Labute approximate surface area is 114 Å². The van der Waals surface area contributed by atoms with Crippen molar-refractivity contribution < 1.29 is 0 Å². The topological polar surface area (TPSA) is 29.3 Å². The second-order valence-corrected chi connectivity index (χ2v) is 6.38. The van der Waals surface area contributed by atoms with Crippen molar-refractivity contribution in [3.05, 3.63) is 21.3 Å². The molecule has 2 N–H and O–H groups in total. The Morgan fingerprint density at radius 1 is 1.41 bits per heavy atom. The van der Waals surface area contributed by atoms with Gasteiger partial charge in [-0.1, -0.05) is 31.4 Å². The van der Waals surface area contributed by atoms with E-state index in [4.69, 9.17) is 17.3 Å². The number of hydrogen-bond donors (Lipinski definition) is 1. The molecule has 1 rings (SSSR count). The Morgan fingerprint density at radius 2 is 2.12 bits per heavy atom. The number of likely N-dealkylation sites (N-methyl/N-ethyl adjacent to an activating group) is 1. The van der Waals surface area contributed by atoms with Crippen molar-refractivity contribution >= 4 is 22.9 Å². The summed E-state index contributed by atoms with van der Waals surface area (Å²) in [7, 11) is 2.15. The van der Waals surface area contributed by atoms with Gasteiger partial charge >= 0.3 is 0 Å². The quantitative estimate of drug-likeness (QED) is 0.764. The van der Waals surface area contributed by atoms with Crippen LogP contribution >= 0.6 is 22.9 Å². The molecule has 2 unspecified atom stereocenters. The molecule has 1 aromatic rings. The molecule has 4 heteroatoms. The van der Waals surface area contributed by atoms with Gasteiger partial charge in [-0.3, -0.25) is 4.90 Å². The van der Waals surface area contributed by atoms with E-state index in [1.54, 1.807) is 11.3 Å². The number of thiophene rings is 1. The molecule has 0 radical (unpaired) electrons. The van der Waals surface area contributed by atoms with Crippen LogP contribution in [-0.2, 0) is 0 Å². The van der Waals surface area contributed by atoms with Crippen molar-refractivity contribution in [2.45, 2.75) is 45.2 Å². The van der Waals surface area contributed by atoms with Crippen molar-refractivity contribution in [2.24, 2.45) is 5.73 Å². The van der Waals surface area contributed by atoms with Crippen LogP contribution in [0.25, 0.3) is 0 Å². The van der Waals surface area contributed by atoms with Crippen LogP contribution in [-0.4, -0.2) is 24.5 Å². The van der Waals surface area contributed by atoms with Crippen LogP contribution in [0.1, 0.15) is 44.0 Å². The fourth-order valence-electron chi connectivity index (χ4n) is 2.12. The molecule has 0 saturated carbocycles. The van der Waals surface area contributed by atoms with Gasteiger partial charge in [0, 0.05) is 10.9 Å². The van der Waals surface area contributed by atoms with Gasteiger partial charge in [-0.05, 0) is 39.1 Å². The molecular formula is C13H23ClN2S. The highest BCUT2D eigenvalue weighted by Crippen LogP contribution is 2.31. The molecule has 0 aliphatic carbocycles. The van der Waals surface area contributed by atoms with Crippen LogP contribution in [0, 0.1) is 0 Å². The summed E-state index contributed by atoms with van der Waals surface area (Å²) in [4.78, 5) is 3.62. The molecule has 0 fully saturated rings. The van der Waals surface area contributed by atoms with E-state index >= 15 is 0 Å². The molecule has 0 aliphatic heterocycles. The highest BCUT2D eigenvalue weighted by Gasteiger charge is 2.22. The lowest BCUT2D eigenvalue weighted by Gasteiger charge is -2.30. The normalized spacial score (nSPS) is 15.2. The summed E-state index contributed by atoms with van der Waals surface area (Å²) in [5.41, 5.74) is 6.11. The summed E-state index contributed by atoms with van der Waals surface area (Å²) >= 11 is 7.64. The molecule has 98 valence electrons. The minimum absolute atomic E-state index is 0.122. The zero-order valence-electron chi connectivity index (χ0n) is 10.9. The first-order chi connectivity index (χ1) is 8.06. The number of hydrogen-bond acceptors (Lipinski definition) is 3. The highest BCUT2D eigenvalue weighted by molar-refractivity contribution is 7.16. The fraction of sp³-hybridized carbons (Fsp3) is 0.692. The fourth-order valence-corrected chi connectivity index (χ4v) is 3.46. The Morgan fingerprint density at radius 3 is 2.59 bits per heavy atom. The van der Waals surface area contributed by atoms with E-state index in [9.17, 15) is 0 Å². The number of halogens is 1. The maximum Gasteiger partial charge on any atom is 0.0931 e. The lowest BCUT2D eigenvalue weighted by atomic mass is 10.1. The zero-order chi connectivity index (χ0) is 12.8. The first-order valence-corrected chi connectivity index (χ1v) is 7.46. The van der Waals surface area contributed by atoms with Crippen LogP contribution in [0.15, 0.2) is 12.1 Å². The van der Waals surface area contributed by atoms with Crippen LogP contribution in [0.4, 0.5) is 0 Å². The number of rotatable bonds is 7. The molecule has 0 amide bonds. The summed E-state index contributed by atoms with van der Waals surface area (Å²) in [6.07, 6.45) is 3.76. The van der Waals surface area contributed by atoms with E-state index in [0.717, 1.165) is 10.9 Å². The first-order valence-electron chi connectivity index (χ1n) is 6.27. The van der Waals surface area contributed by atoms with Gasteiger partial charge in [0.25, 0.3) is 0 Å². The Balaban J connectivity index is 2.65. The van der Waals surface area contributed by atoms with E-state index in [1.807, 2.05) is 6.07 Å². The smallest absolute Gasteiger partial charge is 0.0931 e. The Bertz CT molecular complexity index is 325. The molecule has 2 nitrogen and oxygen atoms in total. The minimum Gasteiger partial charge on any atom is -0.326 e. The predicted molar refractivity (Wildman–Crippen MR) is 77.9 cm³/mol. The summed E-state index contributed by atoms with van der Waals surface area (Å²) < 4.78 is 0.840. The molecule has 2 atom stereocenters. The van der Waals surface area contributed by atoms with Crippen molar-refractivity contribution in [2.75, 3.05) is 13.6 Å². The van der Waals surface area contributed by atoms with Crippen molar-refractivity contribution in [1.82, 2.24) is 4.90 Å². The van der Waals surface area contributed by atoms with Gasteiger partial charge in [0.1, 0.15) is 0 Å². The van der Waals surface area contributed by atoms with Gasteiger partial charge in [-0.15, -0.1) is 11.3 Å². The van der Waals surface area contributed by atoms with E-state index in [0.29, 0.717) is 0 Å². The second-order valence-electron chi connectivity index (χ2n) is 4.63. The molecule has 0 spiro atoms. The average Bonchev–Trinajstić information content (AvgIpc) is 2.65. The van der Waals surface area contributed by atoms with Gasteiger partial charge in [-0.25, -0.2) is 0 Å². The summed E-state index contributed by atoms with van der Waals surface area (Å²) in [5, 5.41) is 0. The summed E-state index contributed by atoms with van der Waals surface area (Å²) in [6.45, 7) is 5.38. The van der Waals surface area contributed by atoms with E-state index in [2.05, 4.69) is 31.9 Å². The van der Waals surface area contributed by atoms with E-state index in [-0.39, 0.29) is 12.1 Å². The standard InChI is InChI=1S/C13H23ClN2S/c1-4-5-6-9-16(3)13(10(2)15)11-7-8-12(14)17-11/h7-8,10,13H,4-6,9,15H2,1-3H3. The third-order valence-corrected chi connectivity index (χ3v) is 4.27. The van der Waals surface area contributed by atoms with E-state index < -0.39 is 0 Å². The number of nitrogens with zero attached hydrogens (tertiary/aromatic N) is 1. The third kappa shape index (κ3) is 4.59. The van der Waals surface area contributed by atoms with Gasteiger partial charge < -0.3 is 5.73 Å². The lowest BCUT2D eigenvalue weighted by Crippen LogP contribution is -2.37. The molecule has 0 aromatic carbocycles. The molecule has 0 aliphatic rings. The highest BCUT2D eigenvalue weighted by atomic mass is 35.5. The molecule has 0 bridgehead atoms. The molecule has 1 aromatic heterocycles. The predicted octanol–water partition coefficient (Wildman–Crippen LogP) is 3.91. The maximum absolute atomic E-state index is 6.11. The second kappa shape index (κ2) is 7.37. The molecular weight excluding hydrogens is 252 g/mol. The van der Waals surface area contributed by atoms with Crippen LogP contribution < -0.4 is 5.73 Å². The van der Waals surface area contributed by atoms with Gasteiger partial charge in [0.15, 0.2) is 0 Å². The van der Waals surface area contributed by atoms with Crippen LogP contribution in [0.5, 0.6) is 0 Å². The molecule has 0 saturated heterocycles.